The predicted molar refractivity (Wildman–Crippen MR) is 148 cm³/mol. The van der Waals surface area contributed by atoms with Crippen molar-refractivity contribution in [3.05, 3.63) is 88.9 Å². The van der Waals surface area contributed by atoms with Crippen molar-refractivity contribution in [2.75, 3.05) is 17.5 Å². The third-order valence-corrected chi connectivity index (χ3v) is 7.17. The number of sulfonamides is 1. The SMILES string of the molecule is Cc1ccc(Cl)cc1N(CC(=O)N/N=C\c1ccc(OCC(=O)NC(C)C)cc1)S(=O)(=O)c1ccccc1. The van der Waals surface area contributed by atoms with Crippen LogP contribution in [-0.2, 0) is 19.6 Å². The van der Waals surface area contributed by atoms with Crippen LogP contribution in [0, 0.1) is 6.92 Å². The highest BCUT2D eigenvalue weighted by molar-refractivity contribution is 7.92. The Labute approximate surface area is 227 Å². The first-order chi connectivity index (χ1) is 18.1. The van der Waals surface area contributed by atoms with Gasteiger partial charge in [-0.15, -0.1) is 0 Å². The van der Waals surface area contributed by atoms with Gasteiger partial charge < -0.3 is 10.1 Å². The van der Waals surface area contributed by atoms with Gasteiger partial charge in [0.15, 0.2) is 6.61 Å². The summed E-state index contributed by atoms with van der Waals surface area (Å²) >= 11 is 6.14. The van der Waals surface area contributed by atoms with Crippen LogP contribution in [0.25, 0.3) is 0 Å². The molecule has 11 heteroatoms. The molecule has 0 saturated carbocycles. The highest BCUT2D eigenvalue weighted by Gasteiger charge is 2.28. The summed E-state index contributed by atoms with van der Waals surface area (Å²) in [5.41, 5.74) is 3.95. The molecule has 3 aromatic carbocycles. The number of nitrogens with one attached hydrogen (secondary N) is 2. The second kappa shape index (κ2) is 13.1. The van der Waals surface area contributed by atoms with Gasteiger partial charge in [0.2, 0.25) is 0 Å². The van der Waals surface area contributed by atoms with Crippen LogP contribution >= 0.6 is 11.6 Å². The first kappa shape index (κ1) is 28.7. The van der Waals surface area contributed by atoms with Crippen molar-refractivity contribution in [2.45, 2.75) is 31.7 Å². The van der Waals surface area contributed by atoms with Gasteiger partial charge in [0, 0.05) is 11.1 Å². The van der Waals surface area contributed by atoms with E-state index in [4.69, 9.17) is 16.3 Å². The van der Waals surface area contributed by atoms with Gasteiger partial charge >= 0.3 is 0 Å². The van der Waals surface area contributed by atoms with E-state index >= 15 is 0 Å². The quantitative estimate of drug-likeness (QED) is 0.274. The number of hydrogen-bond donors (Lipinski definition) is 2. The number of rotatable bonds is 11. The molecule has 0 heterocycles. The predicted octanol–water partition coefficient (Wildman–Crippen LogP) is 3.90. The Kier molecular flexibility index (Phi) is 9.86. The van der Waals surface area contributed by atoms with E-state index in [0.717, 1.165) is 4.31 Å². The van der Waals surface area contributed by atoms with Crippen molar-refractivity contribution in [1.82, 2.24) is 10.7 Å². The van der Waals surface area contributed by atoms with Crippen LogP contribution < -0.4 is 19.8 Å². The zero-order valence-corrected chi connectivity index (χ0v) is 22.8. The molecule has 200 valence electrons. The van der Waals surface area contributed by atoms with Crippen LogP contribution in [0.5, 0.6) is 5.75 Å². The van der Waals surface area contributed by atoms with Crippen LogP contribution in [0.4, 0.5) is 5.69 Å². The van der Waals surface area contributed by atoms with Gasteiger partial charge in [0.1, 0.15) is 12.3 Å². The maximum Gasteiger partial charge on any atom is 0.264 e. The van der Waals surface area contributed by atoms with Crippen molar-refractivity contribution in [3.63, 3.8) is 0 Å². The Morgan fingerprint density at radius 1 is 1.03 bits per heavy atom. The average molecular weight is 557 g/mol. The molecule has 0 spiro atoms. The molecule has 0 saturated heterocycles. The third-order valence-electron chi connectivity index (χ3n) is 5.16. The molecule has 3 aromatic rings. The van der Waals surface area contributed by atoms with Gasteiger partial charge in [-0.05, 0) is 80.4 Å². The van der Waals surface area contributed by atoms with Crippen molar-refractivity contribution in [3.8, 4) is 5.75 Å². The molecule has 9 nitrogen and oxygen atoms in total. The monoisotopic (exact) mass is 556 g/mol. The molecule has 0 radical (unpaired) electrons. The second-order valence-corrected chi connectivity index (χ2v) is 10.9. The second-order valence-electron chi connectivity index (χ2n) is 8.63. The van der Waals surface area contributed by atoms with Gasteiger partial charge in [-0.25, -0.2) is 13.8 Å². The Morgan fingerprint density at radius 2 is 1.71 bits per heavy atom. The van der Waals surface area contributed by atoms with E-state index in [1.54, 1.807) is 61.5 Å². The third kappa shape index (κ3) is 8.06. The lowest BCUT2D eigenvalue weighted by Crippen LogP contribution is -2.40. The van der Waals surface area contributed by atoms with Crippen LogP contribution in [0.1, 0.15) is 25.0 Å². The lowest BCUT2D eigenvalue weighted by Gasteiger charge is -2.25. The van der Waals surface area contributed by atoms with Gasteiger partial charge in [0.25, 0.3) is 21.8 Å². The van der Waals surface area contributed by atoms with Crippen molar-refractivity contribution in [2.24, 2.45) is 5.10 Å². The fourth-order valence-electron chi connectivity index (χ4n) is 3.38. The number of anilines is 1. The number of ether oxygens (including phenoxy) is 1. The minimum absolute atomic E-state index is 0.0277. The maximum absolute atomic E-state index is 13.4. The molecule has 0 aromatic heterocycles. The first-order valence-corrected chi connectivity index (χ1v) is 13.6. The number of halogens is 1. The Morgan fingerprint density at radius 3 is 2.37 bits per heavy atom. The van der Waals surface area contributed by atoms with E-state index in [2.05, 4.69) is 15.8 Å². The minimum atomic E-state index is -4.07. The number of carbonyl (C=O) groups excluding carboxylic acids is 2. The Hall–Kier alpha value is -3.89. The number of hydrogen-bond acceptors (Lipinski definition) is 6. The summed E-state index contributed by atoms with van der Waals surface area (Å²) in [4.78, 5) is 24.5. The molecule has 0 aliphatic carbocycles. The van der Waals surface area contributed by atoms with Crippen molar-refractivity contribution in [1.29, 1.82) is 0 Å². The van der Waals surface area contributed by atoms with Crippen molar-refractivity contribution >= 4 is 45.3 Å². The number of benzene rings is 3. The Balaban J connectivity index is 1.68. The van der Waals surface area contributed by atoms with Gasteiger partial charge in [-0.1, -0.05) is 35.9 Å². The topological polar surface area (TPSA) is 117 Å². The fourth-order valence-corrected chi connectivity index (χ4v) is 5.04. The number of hydrazone groups is 1. The van der Waals surface area contributed by atoms with E-state index in [1.807, 2.05) is 13.8 Å². The minimum Gasteiger partial charge on any atom is -0.484 e. The molecule has 2 amide bonds. The number of carbonyl (C=O) groups is 2. The zero-order chi connectivity index (χ0) is 27.7. The number of amides is 2. The maximum atomic E-state index is 13.4. The molecule has 0 aliphatic rings. The molecule has 0 unspecified atom stereocenters. The van der Waals surface area contributed by atoms with E-state index in [-0.39, 0.29) is 29.1 Å². The van der Waals surface area contributed by atoms with Gasteiger partial charge in [-0.3, -0.25) is 13.9 Å². The van der Waals surface area contributed by atoms with Gasteiger partial charge in [0.05, 0.1) is 16.8 Å². The van der Waals surface area contributed by atoms with Crippen LogP contribution in [0.15, 0.2) is 82.8 Å². The summed E-state index contributed by atoms with van der Waals surface area (Å²) in [5, 5.41) is 7.02. The summed E-state index contributed by atoms with van der Waals surface area (Å²) < 4.78 is 33.3. The van der Waals surface area contributed by atoms with Crippen LogP contribution in [0.2, 0.25) is 5.02 Å². The summed E-state index contributed by atoms with van der Waals surface area (Å²) in [6.07, 6.45) is 1.41. The number of aryl methyl sites for hydroxylation is 1. The van der Waals surface area contributed by atoms with E-state index < -0.39 is 22.5 Å². The molecule has 0 atom stereocenters. The highest BCUT2D eigenvalue weighted by atomic mass is 35.5. The number of nitrogens with zero attached hydrogens (tertiary/aromatic N) is 2. The average Bonchev–Trinajstić information content (AvgIpc) is 2.88. The summed E-state index contributed by atoms with van der Waals surface area (Å²) in [7, 11) is -4.07. The standard InChI is InChI=1S/C27H29ClN4O5S/c1-19(2)30-27(34)18-37-23-13-10-21(11-14-23)16-29-31-26(33)17-32(25-15-22(28)12-9-20(25)3)38(35,36)24-7-5-4-6-8-24/h4-16,19H,17-18H2,1-3H3,(H,30,34)(H,31,33)/b29-16-. The summed E-state index contributed by atoms with van der Waals surface area (Å²) in [6, 6.07) is 19.4. The molecule has 0 aliphatic heterocycles. The largest absolute Gasteiger partial charge is 0.484 e. The van der Waals surface area contributed by atoms with E-state index in [1.165, 1.54) is 24.4 Å². The zero-order valence-electron chi connectivity index (χ0n) is 21.2. The summed E-state index contributed by atoms with van der Waals surface area (Å²) in [5.74, 6) is -0.357. The first-order valence-electron chi connectivity index (χ1n) is 11.7. The molecule has 38 heavy (non-hydrogen) atoms. The lowest BCUT2D eigenvalue weighted by atomic mass is 10.2. The fraction of sp³-hybridized carbons (Fsp3) is 0.222. The van der Waals surface area contributed by atoms with E-state index in [9.17, 15) is 18.0 Å². The molecule has 2 N–H and O–H groups in total. The van der Waals surface area contributed by atoms with E-state index in [0.29, 0.717) is 21.9 Å². The molecule has 3 rings (SSSR count). The van der Waals surface area contributed by atoms with Crippen LogP contribution in [-0.4, -0.2) is 45.6 Å². The summed E-state index contributed by atoms with van der Waals surface area (Å²) in [6.45, 7) is 4.85. The normalized spacial score (nSPS) is 11.4. The van der Waals surface area contributed by atoms with Gasteiger partial charge in [-0.2, -0.15) is 5.10 Å². The highest BCUT2D eigenvalue weighted by Crippen LogP contribution is 2.29. The molecular formula is C27H29ClN4O5S. The van der Waals surface area contributed by atoms with Crippen LogP contribution in [0.3, 0.4) is 0 Å². The van der Waals surface area contributed by atoms with Crippen molar-refractivity contribution < 1.29 is 22.7 Å². The molecular weight excluding hydrogens is 528 g/mol. The lowest BCUT2D eigenvalue weighted by molar-refractivity contribution is -0.123. The molecule has 0 fully saturated rings. The smallest absolute Gasteiger partial charge is 0.264 e. The Bertz CT molecular complexity index is 1390. The molecule has 0 bridgehead atoms.